The van der Waals surface area contributed by atoms with Gasteiger partial charge in [0.1, 0.15) is 11.5 Å². The Bertz CT molecular complexity index is 2710. The van der Waals surface area contributed by atoms with E-state index in [4.69, 9.17) is 4.74 Å². The summed E-state index contributed by atoms with van der Waals surface area (Å²) in [6, 6.07) is 46.6. The molecule has 0 atom stereocenters. The maximum absolute atomic E-state index is 6.50. The minimum atomic E-state index is 0.0112. The Labute approximate surface area is 278 Å². The van der Waals surface area contributed by atoms with Crippen LogP contribution in [0.2, 0.25) is 0 Å². The molecule has 0 fully saturated rings. The van der Waals surface area contributed by atoms with Crippen LogP contribution < -0.4 is 15.7 Å². The van der Waals surface area contributed by atoms with E-state index in [9.17, 15) is 0 Å². The zero-order valence-corrected chi connectivity index (χ0v) is 26.4. The number of rotatable bonds is 2. The molecule has 0 bridgehead atoms. The SMILES string of the molecule is C=C/C=C1/B2c3c(cc(C4c5ccccc5Oc5ccccc54)cc3-n3c4ccccc4c4cccc2c43)-n2c1c(C)c1ccccc12. The van der Waals surface area contributed by atoms with Crippen LogP contribution in [0.5, 0.6) is 11.5 Å². The van der Waals surface area contributed by atoms with Gasteiger partial charge in [0.2, 0.25) is 0 Å². The van der Waals surface area contributed by atoms with Crippen molar-refractivity contribution in [3.63, 3.8) is 0 Å². The summed E-state index contributed by atoms with van der Waals surface area (Å²) in [4.78, 5) is 0. The summed E-state index contributed by atoms with van der Waals surface area (Å²) in [5.41, 5.74) is 16.4. The second-order valence-corrected chi connectivity index (χ2v) is 13.3. The highest BCUT2D eigenvalue weighted by Crippen LogP contribution is 2.49. The number of para-hydroxylation sites is 5. The number of aryl methyl sites for hydroxylation is 1. The first-order valence-corrected chi connectivity index (χ1v) is 16.7. The van der Waals surface area contributed by atoms with Gasteiger partial charge >= 0.3 is 0 Å². The van der Waals surface area contributed by atoms with Gasteiger partial charge in [-0.3, -0.25) is 0 Å². The maximum atomic E-state index is 6.50. The Kier molecular flexibility index (Phi) is 5.06. The van der Waals surface area contributed by atoms with Crippen molar-refractivity contribution in [1.29, 1.82) is 0 Å². The van der Waals surface area contributed by atoms with E-state index >= 15 is 0 Å². The molecule has 0 N–H and O–H groups in total. The molecule has 0 unspecified atom stereocenters. The number of allylic oxidation sites excluding steroid dienone is 2. The molecule has 0 spiro atoms. The Morgan fingerprint density at radius 1 is 0.667 bits per heavy atom. The average molecular weight is 613 g/mol. The lowest BCUT2D eigenvalue weighted by atomic mass is 9.33. The molecule has 2 aromatic heterocycles. The lowest BCUT2D eigenvalue weighted by Crippen LogP contribution is -2.53. The van der Waals surface area contributed by atoms with Crippen LogP contribution in [-0.4, -0.2) is 15.8 Å². The third kappa shape index (κ3) is 3.15. The maximum Gasteiger partial charge on any atom is 0.252 e. The molecule has 3 nitrogen and oxygen atoms in total. The minimum Gasteiger partial charge on any atom is -0.457 e. The lowest BCUT2D eigenvalue weighted by Gasteiger charge is -2.37. The zero-order valence-electron chi connectivity index (χ0n) is 26.4. The minimum absolute atomic E-state index is 0.0112. The molecule has 48 heavy (non-hydrogen) atoms. The van der Waals surface area contributed by atoms with Gasteiger partial charge in [-0.05, 0) is 70.8 Å². The number of ether oxygens (including phenoxy) is 1. The van der Waals surface area contributed by atoms with Gasteiger partial charge in [-0.2, -0.15) is 0 Å². The van der Waals surface area contributed by atoms with Crippen LogP contribution in [0.1, 0.15) is 33.9 Å². The van der Waals surface area contributed by atoms with E-state index in [0.29, 0.717) is 0 Å². The van der Waals surface area contributed by atoms with Crippen LogP contribution in [0.25, 0.3) is 49.6 Å². The topological polar surface area (TPSA) is 19.1 Å². The molecule has 3 aliphatic rings. The molecular formula is C44H29BN2O. The fourth-order valence-electron chi connectivity index (χ4n) is 9.19. The van der Waals surface area contributed by atoms with Crippen molar-refractivity contribution in [3.8, 4) is 22.9 Å². The molecule has 3 aliphatic heterocycles. The molecule has 0 radical (unpaired) electrons. The highest BCUT2D eigenvalue weighted by atomic mass is 16.5. The third-order valence-electron chi connectivity index (χ3n) is 11.0. The average Bonchev–Trinajstić information content (AvgIpc) is 3.63. The van der Waals surface area contributed by atoms with Crippen LogP contribution >= 0.6 is 0 Å². The number of hydrogen-bond acceptors (Lipinski definition) is 1. The number of fused-ring (bicyclic) bond motifs is 11. The summed E-state index contributed by atoms with van der Waals surface area (Å²) in [5.74, 6) is 1.85. The van der Waals surface area contributed by atoms with Crippen molar-refractivity contribution in [2.45, 2.75) is 12.8 Å². The van der Waals surface area contributed by atoms with Gasteiger partial charge in [0.05, 0.1) is 11.0 Å². The molecule has 224 valence electrons. The highest BCUT2D eigenvalue weighted by molar-refractivity contribution is 7.03. The van der Waals surface area contributed by atoms with Crippen LogP contribution in [0, 0.1) is 6.92 Å². The van der Waals surface area contributed by atoms with E-state index in [1.807, 2.05) is 6.08 Å². The highest BCUT2D eigenvalue weighted by Gasteiger charge is 2.43. The standard InChI is InChI=1S/C44H29BN2O/c1-3-13-33-43-26(2)28-14-4-8-20-35(28)46(43)37-24-27(41-31-16-6-10-22-39(31)48-40-23-11-7-17-32(40)41)25-38-42(37)45(33)34-19-12-18-30-29-15-5-9-21-36(29)47(38)44(30)34/h3-25,41H,1H2,2H3/b33-13+. The molecule has 0 saturated carbocycles. The summed E-state index contributed by atoms with van der Waals surface area (Å²) in [5, 5.41) is 3.86. The van der Waals surface area contributed by atoms with Crippen LogP contribution in [0.4, 0.5) is 0 Å². The number of aromatic nitrogens is 2. The van der Waals surface area contributed by atoms with Crippen LogP contribution in [-0.2, 0) is 0 Å². The summed E-state index contributed by atoms with van der Waals surface area (Å²) in [6.07, 6.45) is 4.22. The number of hydrogen-bond donors (Lipinski definition) is 0. The Hall–Kier alpha value is -6.00. The lowest BCUT2D eigenvalue weighted by molar-refractivity contribution is 0.453. The quantitative estimate of drug-likeness (QED) is 0.178. The van der Waals surface area contributed by atoms with Crippen molar-refractivity contribution in [3.05, 3.63) is 174 Å². The zero-order chi connectivity index (χ0) is 31.7. The molecule has 8 aromatic rings. The summed E-state index contributed by atoms with van der Waals surface area (Å²) < 4.78 is 11.6. The van der Waals surface area contributed by atoms with Crippen molar-refractivity contribution >= 4 is 55.8 Å². The van der Waals surface area contributed by atoms with Crippen LogP contribution in [0.15, 0.2) is 146 Å². The van der Waals surface area contributed by atoms with E-state index in [0.717, 1.165) is 11.5 Å². The fourth-order valence-corrected chi connectivity index (χ4v) is 9.19. The Morgan fingerprint density at radius 3 is 2.00 bits per heavy atom. The normalized spacial score (nSPS) is 14.9. The van der Waals surface area contributed by atoms with Crippen molar-refractivity contribution in [1.82, 2.24) is 9.13 Å². The Balaban J connectivity index is 1.35. The molecule has 0 saturated heterocycles. The predicted octanol–water partition coefficient (Wildman–Crippen LogP) is 9.37. The van der Waals surface area contributed by atoms with E-state index in [1.54, 1.807) is 0 Å². The van der Waals surface area contributed by atoms with Gasteiger partial charge < -0.3 is 13.9 Å². The first kappa shape index (κ1) is 26.1. The van der Waals surface area contributed by atoms with Gasteiger partial charge in [-0.15, -0.1) is 0 Å². The first-order valence-electron chi connectivity index (χ1n) is 16.7. The molecule has 0 amide bonds. The van der Waals surface area contributed by atoms with Gasteiger partial charge in [0, 0.05) is 55.8 Å². The van der Waals surface area contributed by atoms with Gasteiger partial charge in [0.15, 0.2) is 0 Å². The van der Waals surface area contributed by atoms with Crippen molar-refractivity contribution < 1.29 is 4.74 Å². The largest absolute Gasteiger partial charge is 0.457 e. The van der Waals surface area contributed by atoms with Gasteiger partial charge in [0.25, 0.3) is 6.71 Å². The molecule has 5 heterocycles. The van der Waals surface area contributed by atoms with E-state index in [1.165, 1.54) is 88.4 Å². The van der Waals surface area contributed by atoms with Gasteiger partial charge in [-0.25, -0.2) is 0 Å². The van der Waals surface area contributed by atoms with Crippen molar-refractivity contribution in [2.75, 3.05) is 0 Å². The summed E-state index contributed by atoms with van der Waals surface area (Å²) in [7, 11) is 0. The monoisotopic (exact) mass is 612 g/mol. The fraction of sp³-hybridized carbons (Fsp3) is 0.0455. The Morgan fingerprint density at radius 2 is 1.27 bits per heavy atom. The smallest absolute Gasteiger partial charge is 0.252 e. The number of nitrogens with zero attached hydrogens (tertiary/aromatic N) is 2. The third-order valence-corrected chi connectivity index (χ3v) is 11.0. The molecule has 11 rings (SSSR count). The number of benzene rings is 6. The molecular weight excluding hydrogens is 583 g/mol. The van der Waals surface area contributed by atoms with E-state index in [2.05, 4.69) is 156 Å². The summed E-state index contributed by atoms with van der Waals surface area (Å²) in [6.45, 7) is 6.57. The van der Waals surface area contributed by atoms with Crippen molar-refractivity contribution in [2.24, 2.45) is 0 Å². The van der Waals surface area contributed by atoms with E-state index < -0.39 is 0 Å². The second kappa shape index (κ2) is 9.30. The van der Waals surface area contributed by atoms with Crippen LogP contribution in [0.3, 0.4) is 0 Å². The summed E-state index contributed by atoms with van der Waals surface area (Å²) >= 11 is 0. The predicted molar refractivity (Wildman–Crippen MR) is 199 cm³/mol. The van der Waals surface area contributed by atoms with E-state index in [-0.39, 0.29) is 12.6 Å². The van der Waals surface area contributed by atoms with Gasteiger partial charge in [-0.1, -0.05) is 110 Å². The molecule has 4 heteroatoms. The molecule has 0 aliphatic carbocycles. The first-order chi connectivity index (χ1) is 23.7. The second-order valence-electron chi connectivity index (χ2n) is 13.3. The molecule has 6 aromatic carbocycles.